The molecule has 1 aliphatic heterocycles. The predicted octanol–water partition coefficient (Wildman–Crippen LogP) is 2.96. The highest BCUT2D eigenvalue weighted by atomic mass is 32.2. The molecule has 164 valence electrons. The fraction of sp³-hybridized carbons (Fsp3) is 0.333. The van der Waals surface area contributed by atoms with E-state index in [0.717, 1.165) is 24.5 Å². The summed E-state index contributed by atoms with van der Waals surface area (Å²) >= 11 is 0. The molecule has 2 aromatic rings. The third-order valence-electron chi connectivity index (χ3n) is 4.53. The van der Waals surface area contributed by atoms with Gasteiger partial charge in [0.2, 0.25) is 15.7 Å². The molecule has 0 fully saturated rings. The van der Waals surface area contributed by atoms with Crippen LogP contribution in [0.4, 0.5) is 27.6 Å². The van der Waals surface area contributed by atoms with E-state index in [2.05, 4.69) is 4.72 Å². The molecule has 2 unspecified atom stereocenters. The van der Waals surface area contributed by atoms with Gasteiger partial charge in [0.25, 0.3) is 0 Å². The molecule has 0 amide bonds. The van der Waals surface area contributed by atoms with E-state index < -0.39 is 50.2 Å². The number of quaternary nitrogens is 1. The lowest BCUT2D eigenvalue weighted by Crippen LogP contribution is -3.17. The van der Waals surface area contributed by atoms with Crippen molar-refractivity contribution in [1.29, 1.82) is 0 Å². The van der Waals surface area contributed by atoms with Crippen molar-refractivity contribution >= 4 is 15.7 Å². The van der Waals surface area contributed by atoms with Crippen LogP contribution in [0.3, 0.4) is 0 Å². The molecule has 12 heteroatoms. The number of alkyl halides is 3. The zero-order valence-electron chi connectivity index (χ0n) is 15.9. The number of rotatable bonds is 3. The van der Waals surface area contributed by atoms with E-state index in [1.165, 1.54) is 13.8 Å². The van der Waals surface area contributed by atoms with Gasteiger partial charge in [0.15, 0.2) is 0 Å². The molecule has 2 atom stereocenters. The van der Waals surface area contributed by atoms with Crippen LogP contribution in [0.15, 0.2) is 30.3 Å². The normalized spacial score (nSPS) is 21.0. The highest BCUT2D eigenvalue weighted by Crippen LogP contribution is 2.40. The second kappa shape index (κ2) is 7.06. The fourth-order valence-corrected chi connectivity index (χ4v) is 3.84. The molecule has 6 nitrogen and oxygen atoms in total. The lowest BCUT2D eigenvalue weighted by Gasteiger charge is -2.47. The van der Waals surface area contributed by atoms with Crippen molar-refractivity contribution in [2.75, 3.05) is 11.0 Å². The molecule has 1 aliphatic rings. The molecule has 0 spiro atoms. The Hall–Kier alpha value is -2.44. The molecule has 3 rings (SSSR count). The zero-order valence-corrected chi connectivity index (χ0v) is 16.7. The van der Waals surface area contributed by atoms with Crippen LogP contribution in [0.2, 0.25) is 0 Å². The van der Waals surface area contributed by atoms with Gasteiger partial charge in [0.05, 0.1) is 23.1 Å². The van der Waals surface area contributed by atoms with Gasteiger partial charge in [-0.2, -0.15) is 13.2 Å². The summed E-state index contributed by atoms with van der Waals surface area (Å²) < 4.78 is 98.5. The van der Waals surface area contributed by atoms with E-state index in [9.17, 15) is 35.6 Å². The van der Waals surface area contributed by atoms with Crippen molar-refractivity contribution in [3.63, 3.8) is 0 Å². The van der Waals surface area contributed by atoms with E-state index in [-0.39, 0.29) is 22.6 Å². The average molecular weight is 452 g/mol. The maximum absolute atomic E-state index is 14.9. The molecule has 0 radical (unpaired) electrons. The van der Waals surface area contributed by atoms with E-state index in [1.54, 1.807) is 0 Å². The first kappa shape index (κ1) is 22.2. The molecule has 0 saturated heterocycles. The van der Waals surface area contributed by atoms with Gasteiger partial charge >= 0.3 is 6.18 Å². The van der Waals surface area contributed by atoms with Gasteiger partial charge in [-0.1, -0.05) is 0 Å². The van der Waals surface area contributed by atoms with Crippen molar-refractivity contribution in [1.82, 2.24) is 0 Å². The molecular weight excluding hydrogens is 435 g/mol. The van der Waals surface area contributed by atoms with E-state index >= 15 is 0 Å². The summed E-state index contributed by atoms with van der Waals surface area (Å²) in [6.45, 7) is 2.68. The molecule has 2 N–H and O–H groups in total. The van der Waals surface area contributed by atoms with Crippen LogP contribution >= 0.6 is 0 Å². The second-order valence-corrected chi connectivity index (χ2v) is 9.14. The third-order valence-corrected chi connectivity index (χ3v) is 5.14. The summed E-state index contributed by atoms with van der Waals surface area (Å²) in [7, 11) is -3.76. The molecule has 1 heterocycles. The Balaban J connectivity index is 2.22. The minimum absolute atomic E-state index is 0.187. The summed E-state index contributed by atoms with van der Waals surface area (Å²) in [5, 5.41) is 12.2. The van der Waals surface area contributed by atoms with Crippen molar-refractivity contribution in [2.45, 2.75) is 31.8 Å². The largest absolute Gasteiger partial charge is 0.631 e. The molecule has 0 saturated carbocycles. The first-order valence-electron chi connectivity index (χ1n) is 8.51. The predicted molar refractivity (Wildman–Crippen MR) is 97.1 cm³/mol. The number of hydrogen-bond acceptors (Lipinski definition) is 4. The second-order valence-electron chi connectivity index (χ2n) is 7.39. The summed E-state index contributed by atoms with van der Waals surface area (Å²) in [5.41, 5.74) is -3.98. The Morgan fingerprint density at radius 3 is 2.33 bits per heavy atom. The van der Waals surface area contributed by atoms with Crippen LogP contribution in [0.1, 0.15) is 36.6 Å². The Morgan fingerprint density at radius 2 is 1.77 bits per heavy atom. The maximum Gasteiger partial charge on any atom is 0.419 e. The van der Waals surface area contributed by atoms with Gasteiger partial charge in [0.1, 0.15) is 23.4 Å². The number of hydrogen-bond donors (Lipinski definition) is 2. The van der Waals surface area contributed by atoms with Gasteiger partial charge in [-0.15, -0.1) is 0 Å². The van der Waals surface area contributed by atoms with Crippen LogP contribution in [0, 0.1) is 16.8 Å². The lowest BCUT2D eigenvalue weighted by atomic mass is 9.92. The third kappa shape index (κ3) is 4.20. The molecule has 30 heavy (non-hydrogen) atoms. The summed E-state index contributed by atoms with van der Waals surface area (Å²) in [5.74, 6) is -2.81. The standard InChI is InChI=1S/C18H17F5N2O4S/c1-17(2)25(26)16(9-4-5-12(19)11(6-9)18(21,22)23)15-13(20)7-10(8-14(15)29-17)24-30(3,27)28/h4-8,16,24-25H,1-3H3. The SMILES string of the molecule is CC1(C)Oc2cc(NS(C)(=O)=O)cc(F)c2C(c2ccc(F)c(C(F)(F)F)c2)[NH+]1[O-]. The smallest absolute Gasteiger partial charge is 0.419 e. The fourth-order valence-electron chi connectivity index (χ4n) is 3.29. The number of sulfonamides is 1. The van der Waals surface area contributed by atoms with Gasteiger partial charge in [-0.3, -0.25) is 4.72 Å². The molecule has 0 aliphatic carbocycles. The van der Waals surface area contributed by atoms with Gasteiger partial charge in [-0.05, 0) is 24.3 Å². The molecular formula is C18H17F5N2O4S. The number of anilines is 1. The minimum atomic E-state index is -5.02. The van der Waals surface area contributed by atoms with Gasteiger partial charge in [-0.25, -0.2) is 17.2 Å². The maximum atomic E-state index is 14.9. The van der Waals surface area contributed by atoms with Crippen molar-refractivity contribution in [2.24, 2.45) is 0 Å². The molecule has 0 bridgehead atoms. The Kier molecular flexibility index (Phi) is 5.24. The Morgan fingerprint density at radius 1 is 1.13 bits per heavy atom. The molecule has 2 aromatic carbocycles. The van der Waals surface area contributed by atoms with Crippen molar-refractivity contribution < 1.29 is 40.2 Å². The van der Waals surface area contributed by atoms with Crippen molar-refractivity contribution in [3.8, 4) is 5.75 Å². The number of ether oxygens (including phenoxy) is 1. The monoisotopic (exact) mass is 452 g/mol. The topological polar surface area (TPSA) is 82.9 Å². The number of halogens is 5. The quantitative estimate of drug-likeness (QED) is 0.554. The van der Waals surface area contributed by atoms with Crippen LogP contribution in [0.5, 0.6) is 5.75 Å². The number of fused-ring (bicyclic) bond motifs is 1. The number of benzene rings is 2. The summed E-state index contributed by atoms with van der Waals surface area (Å²) in [6, 6.07) is 2.40. The van der Waals surface area contributed by atoms with Crippen LogP contribution in [-0.4, -0.2) is 20.4 Å². The minimum Gasteiger partial charge on any atom is -0.631 e. The van der Waals surface area contributed by atoms with Crippen LogP contribution < -0.4 is 14.5 Å². The van der Waals surface area contributed by atoms with Crippen molar-refractivity contribution in [3.05, 3.63) is 63.9 Å². The summed E-state index contributed by atoms with van der Waals surface area (Å²) in [6.07, 6.45) is -4.17. The first-order chi connectivity index (χ1) is 13.6. The lowest BCUT2D eigenvalue weighted by molar-refractivity contribution is -0.952. The average Bonchev–Trinajstić information content (AvgIpc) is 2.54. The van der Waals surface area contributed by atoms with E-state index in [4.69, 9.17) is 4.74 Å². The Bertz CT molecular complexity index is 1100. The van der Waals surface area contributed by atoms with Crippen LogP contribution in [0.25, 0.3) is 0 Å². The van der Waals surface area contributed by atoms with E-state index in [0.29, 0.717) is 12.1 Å². The zero-order chi connectivity index (χ0) is 22.6. The van der Waals surface area contributed by atoms with E-state index in [1.807, 2.05) is 0 Å². The van der Waals surface area contributed by atoms with Crippen LogP contribution in [-0.2, 0) is 16.2 Å². The highest BCUT2D eigenvalue weighted by Gasteiger charge is 2.45. The molecule has 0 aromatic heterocycles. The number of nitrogens with one attached hydrogen (secondary N) is 2. The van der Waals surface area contributed by atoms with Gasteiger partial charge in [0, 0.05) is 25.5 Å². The summed E-state index contributed by atoms with van der Waals surface area (Å²) in [4.78, 5) is 0. The first-order valence-corrected chi connectivity index (χ1v) is 10.4. The highest BCUT2D eigenvalue weighted by molar-refractivity contribution is 7.92. The van der Waals surface area contributed by atoms with Gasteiger partial charge < -0.3 is 15.0 Å². The Labute approximate surface area is 168 Å². The number of hydroxylamine groups is 2.